The lowest BCUT2D eigenvalue weighted by Crippen LogP contribution is -2.43. The highest BCUT2D eigenvalue weighted by Gasteiger charge is 2.30. The Labute approximate surface area is 148 Å². The predicted molar refractivity (Wildman–Crippen MR) is 96.5 cm³/mol. The van der Waals surface area contributed by atoms with Gasteiger partial charge >= 0.3 is 0 Å². The lowest BCUT2D eigenvalue weighted by atomic mass is 9.96. The number of likely N-dealkylation sites (tertiary alicyclic amines) is 1. The number of carbonyl (C=O) groups is 2. The summed E-state index contributed by atoms with van der Waals surface area (Å²) in [5.74, 6) is 0.421. The summed E-state index contributed by atoms with van der Waals surface area (Å²) in [5.41, 5.74) is 0.457. The number of hydrogen-bond acceptors (Lipinski definition) is 3. The van der Waals surface area contributed by atoms with Crippen LogP contribution in [0.4, 0.5) is 0 Å². The van der Waals surface area contributed by atoms with E-state index < -0.39 is 11.7 Å². The molecule has 3 rings (SSSR count). The molecule has 0 bridgehead atoms. The second-order valence-corrected chi connectivity index (χ2v) is 6.62. The number of piperidine rings is 1. The SMILES string of the molecule is CCCCn1ccnc1[C@H]1CCCN(C(=O)C(=O)c2ccccc2)C1. The van der Waals surface area contributed by atoms with Crippen molar-refractivity contribution in [2.24, 2.45) is 0 Å². The van der Waals surface area contributed by atoms with Gasteiger partial charge in [0.05, 0.1) is 0 Å². The smallest absolute Gasteiger partial charge is 0.294 e. The van der Waals surface area contributed by atoms with Crippen LogP contribution in [0, 0.1) is 0 Å². The lowest BCUT2D eigenvalue weighted by Gasteiger charge is -2.32. The number of hydrogen-bond donors (Lipinski definition) is 0. The molecule has 1 aliphatic heterocycles. The second-order valence-electron chi connectivity index (χ2n) is 6.62. The number of aromatic nitrogens is 2. The topological polar surface area (TPSA) is 55.2 Å². The van der Waals surface area contributed by atoms with Gasteiger partial charge in [-0.15, -0.1) is 0 Å². The molecular weight excluding hydrogens is 314 g/mol. The van der Waals surface area contributed by atoms with Crippen LogP contribution in [-0.2, 0) is 11.3 Å². The normalized spacial score (nSPS) is 17.5. The van der Waals surface area contributed by atoms with E-state index in [1.807, 2.05) is 18.5 Å². The molecule has 5 nitrogen and oxygen atoms in total. The summed E-state index contributed by atoms with van der Waals surface area (Å²) in [6.45, 7) is 4.34. The lowest BCUT2D eigenvalue weighted by molar-refractivity contribution is -0.127. The number of carbonyl (C=O) groups excluding carboxylic acids is 2. The van der Waals surface area contributed by atoms with Crippen LogP contribution < -0.4 is 0 Å². The first-order valence-corrected chi connectivity index (χ1v) is 9.10. The van der Waals surface area contributed by atoms with Crippen molar-refractivity contribution in [1.29, 1.82) is 0 Å². The third kappa shape index (κ3) is 3.98. The standard InChI is InChI=1S/C20H25N3O2/c1-2-3-12-22-14-11-21-19(22)17-10-7-13-23(15-17)20(25)18(24)16-8-5-4-6-9-16/h4-6,8-9,11,14,17H,2-3,7,10,12-13,15H2,1H3/t17-/m0/s1. The molecule has 0 aliphatic carbocycles. The first-order valence-electron chi connectivity index (χ1n) is 9.10. The summed E-state index contributed by atoms with van der Waals surface area (Å²) < 4.78 is 2.20. The van der Waals surface area contributed by atoms with Gasteiger partial charge in [-0.3, -0.25) is 9.59 Å². The Kier molecular flexibility index (Phi) is 5.64. The average molecular weight is 339 g/mol. The molecule has 1 fully saturated rings. The van der Waals surface area contributed by atoms with Crippen molar-refractivity contribution in [3.05, 3.63) is 54.1 Å². The van der Waals surface area contributed by atoms with Gasteiger partial charge in [-0.1, -0.05) is 43.7 Å². The van der Waals surface area contributed by atoms with Crippen LogP contribution in [0.1, 0.15) is 54.7 Å². The van der Waals surface area contributed by atoms with Crippen LogP contribution in [0.5, 0.6) is 0 Å². The van der Waals surface area contributed by atoms with Gasteiger partial charge in [0.1, 0.15) is 5.82 Å². The Morgan fingerprint density at radius 2 is 2.04 bits per heavy atom. The van der Waals surface area contributed by atoms with Crippen molar-refractivity contribution < 1.29 is 9.59 Å². The van der Waals surface area contributed by atoms with Crippen molar-refractivity contribution >= 4 is 11.7 Å². The monoisotopic (exact) mass is 339 g/mol. The minimum atomic E-state index is -0.421. The van der Waals surface area contributed by atoms with Crippen molar-refractivity contribution in [3.63, 3.8) is 0 Å². The highest BCUT2D eigenvalue weighted by atomic mass is 16.2. The maximum Gasteiger partial charge on any atom is 0.294 e. The molecule has 0 unspecified atom stereocenters. The quantitative estimate of drug-likeness (QED) is 0.599. The number of rotatable bonds is 6. The summed E-state index contributed by atoms with van der Waals surface area (Å²) >= 11 is 0. The van der Waals surface area contributed by atoms with Crippen LogP contribution >= 0.6 is 0 Å². The van der Waals surface area contributed by atoms with Crippen molar-refractivity contribution in [2.75, 3.05) is 13.1 Å². The molecule has 25 heavy (non-hydrogen) atoms. The maximum absolute atomic E-state index is 12.6. The van der Waals surface area contributed by atoms with Gasteiger partial charge in [0.25, 0.3) is 5.91 Å². The van der Waals surface area contributed by atoms with E-state index in [0.29, 0.717) is 18.7 Å². The van der Waals surface area contributed by atoms with Crippen LogP contribution in [-0.4, -0.2) is 39.2 Å². The van der Waals surface area contributed by atoms with Crippen LogP contribution in [0.15, 0.2) is 42.7 Å². The van der Waals surface area contributed by atoms with Crippen LogP contribution in [0.3, 0.4) is 0 Å². The fourth-order valence-corrected chi connectivity index (χ4v) is 3.43. The number of benzene rings is 1. The van der Waals surface area contributed by atoms with Crippen LogP contribution in [0.25, 0.3) is 0 Å². The maximum atomic E-state index is 12.6. The van der Waals surface area contributed by atoms with Crippen molar-refractivity contribution in [3.8, 4) is 0 Å². The summed E-state index contributed by atoms with van der Waals surface area (Å²) in [6, 6.07) is 8.79. The first kappa shape index (κ1) is 17.4. The Hall–Kier alpha value is -2.43. The molecule has 1 aromatic carbocycles. The van der Waals surface area contributed by atoms with Gasteiger partial charge in [-0.05, 0) is 19.3 Å². The van der Waals surface area contributed by atoms with Gasteiger partial charge in [-0.25, -0.2) is 4.98 Å². The van der Waals surface area contributed by atoms with Gasteiger partial charge < -0.3 is 9.47 Å². The van der Waals surface area contributed by atoms with E-state index in [9.17, 15) is 9.59 Å². The highest BCUT2D eigenvalue weighted by Crippen LogP contribution is 2.26. The molecule has 1 amide bonds. The number of nitrogens with zero attached hydrogens (tertiary/aromatic N) is 3. The summed E-state index contributed by atoms with van der Waals surface area (Å²) in [4.78, 5) is 31.3. The molecule has 0 N–H and O–H groups in total. The Morgan fingerprint density at radius 1 is 1.24 bits per heavy atom. The molecule has 0 radical (unpaired) electrons. The number of ketones is 1. The van der Waals surface area contributed by atoms with E-state index in [1.165, 1.54) is 0 Å². The molecule has 0 spiro atoms. The molecule has 1 saturated heterocycles. The molecule has 1 aromatic heterocycles. The molecule has 2 aromatic rings. The first-order chi connectivity index (χ1) is 12.2. The molecule has 2 heterocycles. The summed E-state index contributed by atoms with van der Waals surface area (Å²) in [6.07, 6.45) is 8.01. The Bertz CT molecular complexity index is 724. The zero-order chi connectivity index (χ0) is 17.6. The van der Waals surface area contributed by atoms with E-state index in [1.54, 1.807) is 29.2 Å². The van der Waals surface area contributed by atoms with Gasteiger partial charge in [0.15, 0.2) is 0 Å². The Morgan fingerprint density at radius 3 is 2.80 bits per heavy atom. The van der Waals surface area contributed by atoms with E-state index in [0.717, 1.165) is 38.1 Å². The van der Waals surface area contributed by atoms with E-state index in [4.69, 9.17) is 0 Å². The minimum Gasteiger partial charge on any atom is -0.335 e. The summed E-state index contributed by atoms with van der Waals surface area (Å²) in [7, 11) is 0. The molecule has 1 atom stereocenters. The number of imidazole rings is 1. The van der Waals surface area contributed by atoms with Crippen LogP contribution in [0.2, 0.25) is 0 Å². The average Bonchev–Trinajstić information content (AvgIpc) is 3.14. The fraction of sp³-hybridized carbons (Fsp3) is 0.450. The van der Waals surface area contributed by atoms with Crippen molar-refractivity contribution in [1.82, 2.24) is 14.5 Å². The molecule has 1 aliphatic rings. The van der Waals surface area contributed by atoms with Gasteiger partial charge in [-0.2, -0.15) is 0 Å². The number of aryl methyl sites for hydroxylation is 1. The minimum absolute atomic E-state index is 0.202. The molecule has 0 saturated carbocycles. The number of unbranched alkanes of at least 4 members (excludes halogenated alkanes) is 1. The molecular formula is C20H25N3O2. The molecule has 132 valence electrons. The number of amides is 1. The number of Topliss-reactive ketones (excluding diaryl/α,β-unsaturated/α-hetero) is 1. The molecule has 5 heteroatoms. The van der Waals surface area contributed by atoms with E-state index in [2.05, 4.69) is 16.5 Å². The third-order valence-electron chi connectivity index (χ3n) is 4.80. The summed E-state index contributed by atoms with van der Waals surface area (Å²) in [5, 5.41) is 0. The largest absolute Gasteiger partial charge is 0.335 e. The zero-order valence-electron chi connectivity index (χ0n) is 14.7. The highest BCUT2D eigenvalue weighted by molar-refractivity contribution is 6.42. The second kappa shape index (κ2) is 8.10. The van der Waals surface area contributed by atoms with Gasteiger partial charge in [0.2, 0.25) is 5.78 Å². The third-order valence-corrected chi connectivity index (χ3v) is 4.80. The fourth-order valence-electron chi connectivity index (χ4n) is 3.43. The van der Waals surface area contributed by atoms with E-state index in [-0.39, 0.29) is 5.92 Å². The zero-order valence-corrected chi connectivity index (χ0v) is 14.7. The Balaban J connectivity index is 1.70. The van der Waals surface area contributed by atoms with Crippen molar-refractivity contribution in [2.45, 2.75) is 45.1 Å². The predicted octanol–water partition coefficient (Wildman–Crippen LogP) is 3.27. The van der Waals surface area contributed by atoms with E-state index >= 15 is 0 Å². The van der Waals surface area contributed by atoms with Gasteiger partial charge in [0, 0.05) is 43.5 Å².